The minimum Gasteiger partial charge on any atom is -0.370 e. The maximum absolute atomic E-state index is 10.7. The summed E-state index contributed by atoms with van der Waals surface area (Å²) in [5.74, 6) is 0. The van der Waals surface area contributed by atoms with E-state index >= 15 is 0 Å². The van der Waals surface area contributed by atoms with Crippen molar-refractivity contribution in [2.75, 3.05) is 24.5 Å². The molecule has 1 aromatic rings. The monoisotopic (exact) mass is 223 g/mol. The van der Waals surface area contributed by atoms with E-state index < -0.39 is 0 Å². The molecule has 0 aromatic heterocycles. The van der Waals surface area contributed by atoms with Crippen molar-refractivity contribution in [2.24, 2.45) is 5.73 Å². The number of nitrogens with two attached hydrogens (primary N) is 1. The zero-order valence-electron chi connectivity index (χ0n) is 9.64. The lowest BCUT2D eigenvalue weighted by atomic mass is 10.1. The summed E-state index contributed by atoms with van der Waals surface area (Å²) >= 11 is 0. The highest BCUT2D eigenvalue weighted by molar-refractivity contribution is 5.58. The fourth-order valence-corrected chi connectivity index (χ4v) is 1.66. The van der Waals surface area contributed by atoms with Crippen molar-refractivity contribution in [2.45, 2.75) is 13.8 Å². The molecule has 1 rings (SSSR count). The molecular formula is C11H17N3O2. The minimum atomic E-state index is -0.376. The van der Waals surface area contributed by atoms with E-state index in [1.165, 1.54) is 6.07 Å². The number of hydrogen-bond donors (Lipinski definition) is 1. The average molecular weight is 223 g/mol. The summed E-state index contributed by atoms with van der Waals surface area (Å²) in [6.45, 7) is 5.99. The average Bonchev–Trinajstić information content (AvgIpc) is 2.26. The fourth-order valence-electron chi connectivity index (χ4n) is 1.66. The molecular weight excluding hydrogens is 206 g/mol. The number of aryl methyl sites for hydroxylation is 1. The molecule has 0 saturated heterocycles. The van der Waals surface area contributed by atoms with Gasteiger partial charge < -0.3 is 10.6 Å². The molecule has 0 saturated carbocycles. The molecule has 0 unspecified atom stereocenters. The highest BCUT2D eigenvalue weighted by Crippen LogP contribution is 2.25. The molecule has 0 aliphatic rings. The standard InChI is InChI=1S/C11H17N3O2/c1-3-13(7-6-12)11-8-10(14(15)16)5-4-9(11)2/h4-5,8H,3,6-7,12H2,1-2H3. The van der Waals surface area contributed by atoms with Gasteiger partial charge in [-0.25, -0.2) is 0 Å². The predicted molar refractivity (Wildman–Crippen MR) is 64.8 cm³/mol. The van der Waals surface area contributed by atoms with Crippen molar-refractivity contribution in [1.29, 1.82) is 0 Å². The first-order chi connectivity index (χ1) is 7.60. The van der Waals surface area contributed by atoms with Gasteiger partial charge >= 0.3 is 0 Å². The number of anilines is 1. The molecule has 0 fully saturated rings. The van der Waals surface area contributed by atoms with Gasteiger partial charge in [0.1, 0.15) is 0 Å². The van der Waals surface area contributed by atoms with Crippen molar-refractivity contribution >= 4 is 11.4 Å². The molecule has 0 heterocycles. The molecule has 0 bridgehead atoms. The summed E-state index contributed by atoms with van der Waals surface area (Å²) in [6, 6.07) is 4.90. The van der Waals surface area contributed by atoms with Gasteiger partial charge in [-0.15, -0.1) is 0 Å². The van der Waals surface area contributed by atoms with Gasteiger partial charge in [0.05, 0.1) is 4.92 Å². The SMILES string of the molecule is CCN(CCN)c1cc([N+](=O)[O-])ccc1C. The van der Waals surface area contributed by atoms with Crippen molar-refractivity contribution in [3.8, 4) is 0 Å². The van der Waals surface area contributed by atoms with Crippen LogP contribution in [0.5, 0.6) is 0 Å². The van der Waals surface area contributed by atoms with Crippen LogP contribution in [0.2, 0.25) is 0 Å². The summed E-state index contributed by atoms with van der Waals surface area (Å²) in [7, 11) is 0. The van der Waals surface area contributed by atoms with Crippen molar-refractivity contribution in [1.82, 2.24) is 0 Å². The number of nitrogens with zero attached hydrogens (tertiary/aromatic N) is 2. The fraction of sp³-hybridized carbons (Fsp3) is 0.455. The van der Waals surface area contributed by atoms with E-state index in [9.17, 15) is 10.1 Å². The van der Waals surface area contributed by atoms with E-state index in [2.05, 4.69) is 0 Å². The lowest BCUT2D eigenvalue weighted by Gasteiger charge is -2.23. The Balaban J connectivity index is 3.09. The van der Waals surface area contributed by atoms with E-state index in [1.54, 1.807) is 12.1 Å². The number of nitro groups is 1. The van der Waals surface area contributed by atoms with Crippen LogP contribution in [0.15, 0.2) is 18.2 Å². The van der Waals surface area contributed by atoms with Gasteiger partial charge in [0.15, 0.2) is 0 Å². The number of non-ortho nitro benzene ring substituents is 1. The Bertz CT molecular complexity index is 379. The Kier molecular flexibility index (Phi) is 4.25. The van der Waals surface area contributed by atoms with Crippen LogP contribution in [-0.2, 0) is 0 Å². The van der Waals surface area contributed by atoms with E-state index in [-0.39, 0.29) is 10.6 Å². The molecule has 1 aromatic carbocycles. The van der Waals surface area contributed by atoms with Gasteiger partial charge in [0.25, 0.3) is 5.69 Å². The van der Waals surface area contributed by atoms with Crippen molar-refractivity contribution in [3.05, 3.63) is 33.9 Å². The van der Waals surface area contributed by atoms with E-state index in [0.29, 0.717) is 13.1 Å². The Morgan fingerprint density at radius 1 is 1.50 bits per heavy atom. The molecule has 2 N–H and O–H groups in total. The zero-order valence-corrected chi connectivity index (χ0v) is 9.64. The zero-order chi connectivity index (χ0) is 12.1. The van der Waals surface area contributed by atoms with E-state index in [0.717, 1.165) is 17.8 Å². The Morgan fingerprint density at radius 2 is 2.19 bits per heavy atom. The van der Waals surface area contributed by atoms with Crippen LogP contribution in [0.1, 0.15) is 12.5 Å². The van der Waals surface area contributed by atoms with Gasteiger partial charge in [0, 0.05) is 37.5 Å². The Morgan fingerprint density at radius 3 is 2.69 bits per heavy atom. The summed E-state index contributed by atoms with van der Waals surface area (Å²) < 4.78 is 0. The lowest BCUT2D eigenvalue weighted by Crippen LogP contribution is -2.29. The van der Waals surface area contributed by atoms with E-state index in [1.807, 2.05) is 18.7 Å². The van der Waals surface area contributed by atoms with Gasteiger partial charge in [-0.3, -0.25) is 10.1 Å². The van der Waals surface area contributed by atoms with Crippen LogP contribution < -0.4 is 10.6 Å². The summed E-state index contributed by atoms with van der Waals surface area (Å²) in [4.78, 5) is 12.4. The number of nitro benzene ring substituents is 1. The topological polar surface area (TPSA) is 72.4 Å². The number of rotatable bonds is 5. The third-order valence-electron chi connectivity index (χ3n) is 2.52. The maximum Gasteiger partial charge on any atom is 0.271 e. The minimum absolute atomic E-state index is 0.121. The van der Waals surface area contributed by atoms with Gasteiger partial charge in [-0.1, -0.05) is 6.07 Å². The van der Waals surface area contributed by atoms with Crippen molar-refractivity contribution in [3.63, 3.8) is 0 Å². The lowest BCUT2D eigenvalue weighted by molar-refractivity contribution is -0.384. The summed E-state index contributed by atoms with van der Waals surface area (Å²) in [5, 5.41) is 10.7. The quantitative estimate of drug-likeness (QED) is 0.609. The second-order valence-corrected chi connectivity index (χ2v) is 3.60. The first-order valence-electron chi connectivity index (χ1n) is 5.30. The van der Waals surface area contributed by atoms with Crippen LogP contribution in [0.25, 0.3) is 0 Å². The van der Waals surface area contributed by atoms with Crippen LogP contribution in [0.3, 0.4) is 0 Å². The van der Waals surface area contributed by atoms with Crippen LogP contribution in [0, 0.1) is 17.0 Å². The molecule has 0 radical (unpaired) electrons. The largest absolute Gasteiger partial charge is 0.370 e. The predicted octanol–water partition coefficient (Wildman–Crippen LogP) is 1.69. The molecule has 0 amide bonds. The van der Waals surface area contributed by atoms with Gasteiger partial charge in [-0.2, -0.15) is 0 Å². The molecule has 0 atom stereocenters. The van der Waals surface area contributed by atoms with Crippen LogP contribution in [-0.4, -0.2) is 24.6 Å². The third-order valence-corrected chi connectivity index (χ3v) is 2.52. The van der Waals surface area contributed by atoms with E-state index in [4.69, 9.17) is 5.73 Å². The molecule has 88 valence electrons. The van der Waals surface area contributed by atoms with Gasteiger partial charge in [-0.05, 0) is 19.4 Å². The van der Waals surface area contributed by atoms with Crippen LogP contribution >= 0.6 is 0 Å². The molecule has 5 heteroatoms. The molecule has 0 aliphatic heterocycles. The molecule has 5 nitrogen and oxygen atoms in total. The summed E-state index contributed by atoms with van der Waals surface area (Å²) in [6.07, 6.45) is 0. The second-order valence-electron chi connectivity index (χ2n) is 3.60. The second kappa shape index (κ2) is 5.46. The normalized spacial score (nSPS) is 10.2. The Hall–Kier alpha value is -1.62. The first-order valence-corrected chi connectivity index (χ1v) is 5.30. The Labute approximate surface area is 95.0 Å². The number of hydrogen-bond acceptors (Lipinski definition) is 4. The molecule has 16 heavy (non-hydrogen) atoms. The maximum atomic E-state index is 10.7. The highest BCUT2D eigenvalue weighted by atomic mass is 16.6. The third kappa shape index (κ3) is 2.70. The first kappa shape index (κ1) is 12.4. The molecule has 0 aliphatic carbocycles. The summed E-state index contributed by atoms with van der Waals surface area (Å²) in [5.41, 5.74) is 7.56. The smallest absolute Gasteiger partial charge is 0.271 e. The number of likely N-dealkylation sites (N-methyl/N-ethyl adjacent to an activating group) is 1. The highest BCUT2D eigenvalue weighted by Gasteiger charge is 2.12. The number of benzene rings is 1. The van der Waals surface area contributed by atoms with Crippen molar-refractivity contribution < 1.29 is 4.92 Å². The van der Waals surface area contributed by atoms with Gasteiger partial charge in [0.2, 0.25) is 0 Å². The van der Waals surface area contributed by atoms with Crippen LogP contribution in [0.4, 0.5) is 11.4 Å². The molecule has 0 spiro atoms.